The van der Waals surface area contributed by atoms with Gasteiger partial charge in [0, 0.05) is 5.56 Å². The van der Waals surface area contributed by atoms with Crippen LogP contribution in [-0.2, 0) is 10.3 Å². The van der Waals surface area contributed by atoms with Gasteiger partial charge in [-0.1, -0.05) is 12.1 Å². The number of ketones is 1. The molecule has 26 heavy (non-hydrogen) atoms. The Kier molecular flexibility index (Phi) is 4.26. The highest BCUT2D eigenvalue weighted by Crippen LogP contribution is 2.29. The van der Waals surface area contributed by atoms with Gasteiger partial charge in [0.25, 0.3) is 5.91 Å². The smallest absolute Gasteiger partial charge is 0.319 e. The van der Waals surface area contributed by atoms with Crippen LogP contribution >= 0.6 is 0 Å². The maximum atomic E-state index is 13.0. The minimum atomic E-state index is -1.33. The van der Waals surface area contributed by atoms with Crippen LogP contribution in [0, 0.1) is 17.1 Å². The molecule has 0 bridgehead atoms. The summed E-state index contributed by atoms with van der Waals surface area (Å²) >= 11 is 0. The van der Waals surface area contributed by atoms with Crippen molar-refractivity contribution in [2.75, 3.05) is 6.54 Å². The van der Waals surface area contributed by atoms with E-state index in [0.717, 1.165) is 17.0 Å². The number of hydrogen-bond donors (Lipinski definition) is 1. The molecule has 2 aromatic rings. The van der Waals surface area contributed by atoms with E-state index in [1.165, 1.54) is 19.1 Å². The third-order valence-electron chi connectivity index (χ3n) is 4.33. The summed E-state index contributed by atoms with van der Waals surface area (Å²) in [6.45, 7) is 1.10. The Bertz CT molecular complexity index is 932. The van der Waals surface area contributed by atoms with Crippen LogP contribution in [0.5, 0.6) is 0 Å². The second-order valence-electron chi connectivity index (χ2n) is 6.07. The average molecular weight is 351 g/mol. The maximum Gasteiger partial charge on any atom is 0.325 e. The molecule has 3 rings (SSSR count). The molecule has 0 aliphatic carbocycles. The van der Waals surface area contributed by atoms with E-state index in [-0.39, 0.29) is 5.56 Å². The van der Waals surface area contributed by atoms with Gasteiger partial charge in [0.05, 0.1) is 18.2 Å². The predicted molar refractivity (Wildman–Crippen MR) is 89.5 cm³/mol. The second-order valence-corrected chi connectivity index (χ2v) is 6.07. The molecule has 1 aliphatic heterocycles. The molecule has 3 amide bonds. The minimum absolute atomic E-state index is 0.207. The van der Waals surface area contributed by atoms with Crippen molar-refractivity contribution in [1.82, 2.24) is 10.2 Å². The molecule has 1 fully saturated rings. The van der Waals surface area contributed by atoms with Crippen LogP contribution in [0.4, 0.5) is 9.18 Å². The Hall–Kier alpha value is -3.53. The highest BCUT2D eigenvalue weighted by molar-refractivity contribution is 6.11. The lowest BCUT2D eigenvalue weighted by molar-refractivity contribution is -0.130. The fraction of sp³-hybridized carbons (Fsp3) is 0.158. The number of imide groups is 1. The number of Topliss-reactive ketones (excluding diaryl/α,β-unsaturated/α-hetero) is 1. The van der Waals surface area contributed by atoms with Crippen LogP contribution in [0.2, 0.25) is 0 Å². The van der Waals surface area contributed by atoms with E-state index in [4.69, 9.17) is 5.26 Å². The number of rotatable bonds is 4. The van der Waals surface area contributed by atoms with E-state index in [9.17, 15) is 18.8 Å². The van der Waals surface area contributed by atoms with Crippen molar-refractivity contribution in [2.45, 2.75) is 12.5 Å². The number of halogens is 1. The Labute approximate surface area is 148 Å². The summed E-state index contributed by atoms with van der Waals surface area (Å²) in [5, 5.41) is 11.5. The van der Waals surface area contributed by atoms with E-state index in [0.29, 0.717) is 11.1 Å². The molecule has 1 atom stereocenters. The highest BCUT2D eigenvalue weighted by Gasteiger charge is 2.49. The summed E-state index contributed by atoms with van der Waals surface area (Å²) in [5.41, 5.74) is -0.184. The summed E-state index contributed by atoms with van der Waals surface area (Å²) < 4.78 is 13.0. The first-order valence-electron chi connectivity index (χ1n) is 7.78. The summed E-state index contributed by atoms with van der Waals surface area (Å²) in [5.74, 6) is -1.52. The van der Waals surface area contributed by atoms with Crippen molar-refractivity contribution in [3.8, 4) is 6.07 Å². The number of benzene rings is 2. The SMILES string of the molecule is C[C@]1(c2ccc(C#N)cc2)NC(=O)N(CC(=O)c2ccc(F)cc2)C1=O. The van der Waals surface area contributed by atoms with Gasteiger partial charge < -0.3 is 5.32 Å². The second kappa shape index (κ2) is 6.41. The minimum Gasteiger partial charge on any atom is -0.319 e. The van der Waals surface area contributed by atoms with Crippen molar-refractivity contribution in [2.24, 2.45) is 0 Å². The van der Waals surface area contributed by atoms with Crippen molar-refractivity contribution in [1.29, 1.82) is 5.26 Å². The molecule has 0 aromatic heterocycles. The van der Waals surface area contributed by atoms with Crippen LogP contribution < -0.4 is 5.32 Å². The summed E-state index contributed by atoms with van der Waals surface area (Å²) in [7, 11) is 0. The number of urea groups is 1. The van der Waals surface area contributed by atoms with Crippen LogP contribution in [0.25, 0.3) is 0 Å². The Morgan fingerprint density at radius 1 is 1.15 bits per heavy atom. The standard InChI is InChI=1S/C19H14FN3O3/c1-19(14-6-2-12(10-21)3-7-14)17(25)23(18(26)22-19)11-16(24)13-4-8-15(20)9-5-13/h2-9H,11H2,1H3,(H,22,26)/t19-/m1/s1. The molecule has 0 spiro atoms. The highest BCUT2D eigenvalue weighted by atomic mass is 19.1. The number of amides is 3. The van der Waals surface area contributed by atoms with Crippen molar-refractivity contribution in [3.63, 3.8) is 0 Å². The van der Waals surface area contributed by atoms with Crippen LogP contribution in [-0.4, -0.2) is 29.2 Å². The topological polar surface area (TPSA) is 90.3 Å². The molecule has 6 nitrogen and oxygen atoms in total. The van der Waals surface area contributed by atoms with E-state index in [1.807, 2.05) is 6.07 Å². The number of carbonyl (C=O) groups is 3. The molecule has 0 radical (unpaired) electrons. The number of carbonyl (C=O) groups excluding carboxylic acids is 3. The lowest BCUT2D eigenvalue weighted by Gasteiger charge is -2.22. The fourth-order valence-corrected chi connectivity index (χ4v) is 2.78. The molecule has 1 heterocycles. The molecule has 1 saturated heterocycles. The first kappa shape index (κ1) is 17.3. The zero-order chi connectivity index (χ0) is 18.9. The predicted octanol–water partition coefficient (Wildman–Crippen LogP) is 2.35. The van der Waals surface area contributed by atoms with E-state index in [1.54, 1.807) is 24.3 Å². The molecular weight excluding hydrogens is 337 g/mol. The molecule has 130 valence electrons. The number of nitriles is 1. The average Bonchev–Trinajstić information content (AvgIpc) is 2.86. The van der Waals surface area contributed by atoms with E-state index >= 15 is 0 Å². The quantitative estimate of drug-likeness (QED) is 0.676. The Balaban J connectivity index is 1.83. The summed E-state index contributed by atoms with van der Waals surface area (Å²) in [6.07, 6.45) is 0. The van der Waals surface area contributed by atoms with Gasteiger partial charge in [0.2, 0.25) is 0 Å². The molecule has 0 unspecified atom stereocenters. The van der Waals surface area contributed by atoms with Crippen molar-refractivity contribution in [3.05, 3.63) is 71.0 Å². The van der Waals surface area contributed by atoms with Crippen molar-refractivity contribution >= 4 is 17.7 Å². The van der Waals surface area contributed by atoms with Crippen molar-refractivity contribution < 1.29 is 18.8 Å². The molecular formula is C19H14FN3O3. The van der Waals surface area contributed by atoms with E-state index < -0.39 is 35.6 Å². The molecule has 2 aromatic carbocycles. The molecule has 7 heteroatoms. The monoisotopic (exact) mass is 351 g/mol. The molecule has 1 N–H and O–H groups in total. The Morgan fingerprint density at radius 3 is 2.35 bits per heavy atom. The summed E-state index contributed by atoms with van der Waals surface area (Å²) in [4.78, 5) is 38.2. The molecule has 1 aliphatic rings. The Morgan fingerprint density at radius 2 is 1.77 bits per heavy atom. The lowest BCUT2D eigenvalue weighted by Crippen LogP contribution is -2.41. The zero-order valence-electron chi connectivity index (χ0n) is 13.8. The van der Waals surface area contributed by atoms with Crippen LogP contribution in [0.15, 0.2) is 48.5 Å². The lowest BCUT2D eigenvalue weighted by atomic mass is 9.91. The van der Waals surface area contributed by atoms with Gasteiger partial charge in [0.1, 0.15) is 11.4 Å². The van der Waals surface area contributed by atoms with Crippen LogP contribution in [0.1, 0.15) is 28.4 Å². The maximum absolute atomic E-state index is 13.0. The van der Waals surface area contributed by atoms with Gasteiger partial charge in [-0.05, 0) is 48.9 Å². The number of nitrogens with zero attached hydrogens (tertiary/aromatic N) is 2. The third kappa shape index (κ3) is 2.93. The number of nitrogens with one attached hydrogen (secondary N) is 1. The third-order valence-corrected chi connectivity index (χ3v) is 4.33. The fourth-order valence-electron chi connectivity index (χ4n) is 2.78. The van der Waals surface area contributed by atoms with Crippen LogP contribution in [0.3, 0.4) is 0 Å². The van der Waals surface area contributed by atoms with Gasteiger partial charge in [-0.25, -0.2) is 9.18 Å². The zero-order valence-corrected chi connectivity index (χ0v) is 13.8. The normalized spacial score (nSPS) is 19.2. The first-order valence-corrected chi connectivity index (χ1v) is 7.78. The van der Waals surface area contributed by atoms with Gasteiger partial charge in [-0.2, -0.15) is 5.26 Å². The summed E-state index contributed by atoms with van der Waals surface area (Å²) in [6, 6.07) is 12.4. The first-order chi connectivity index (χ1) is 12.3. The van der Waals surface area contributed by atoms with Gasteiger partial charge in [-0.15, -0.1) is 0 Å². The largest absolute Gasteiger partial charge is 0.325 e. The number of hydrogen-bond acceptors (Lipinski definition) is 4. The van der Waals surface area contributed by atoms with Gasteiger partial charge in [-0.3, -0.25) is 14.5 Å². The van der Waals surface area contributed by atoms with Gasteiger partial charge in [0.15, 0.2) is 5.78 Å². The van der Waals surface area contributed by atoms with Gasteiger partial charge >= 0.3 is 6.03 Å². The molecule has 0 saturated carbocycles. The van der Waals surface area contributed by atoms with E-state index in [2.05, 4.69) is 5.32 Å².